The Morgan fingerprint density at radius 2 is 2.25 bits per heavy atom. The van der Waals surface area contributed by atoms with Gasteiger partial charge in [-0.1, -0.05) is 6.92 Å². The van der Waals surface area contributed by atoms with Crippen molar-refractivity contribution in [1.29, 1.82) is 0 Å². The third-order valence-electron chi connectivity index (χ3n) is 2.11. The van der Waals surface area contributed by atoms with Gasteiger partial charge in [-0.2, -0.15) is 0 Å². The summed E-state index contributed by atoms with van der Waals surface area (Å²) in [5, 5.41) is 8.69. The third kappa shape index (κ3) is 3.39. The molecule has 1 amide bonds. The number of hydrogen-bond donors (Lipinski definition) is 2. The van der Waals surface area contributed by atoms with E-state index in [1.54, 1.807) is 4.90 Å². The molecule has 0 fully saturated rings. The number of carbonyl (C=O) groups is 2. The molecule has 1 heterocycles. The van der Waals surface area contributed by atoms with E-state index in [9.17, 15) is 9.59 Å². The maximum Gasteiger partial charge on any atom is 0.338 e. The first-order valence-corrected chi connectivity index (χ1v) is 4.84. The Bertz CT molecular complexity index is 386. The molecule has 0 aliphatic carbocycles. The maximum absolute atomic E-state index is 10.7. The molecule has 0 unspecified atom stereocenters. The number of hydrogen-bond acceptors (Lipinski definition) is 4. The average molecular weight is 226 g/mol. The number of nitrogens with zero attached hydrogens (tertiary/aromatic N) is 1. The van der Waals surface area contributed by atoms with Crippen LogP contribution in [0.25, 0.3) is 0 Å². The number of primary amides is 1. The highest BCUT2D eigenvalue weighted by Gasteiger charge is 2.12. The summed E-state index contributed by atoms with van der Waals surface area (Å²) in [6.45, 7) is 3.00. The molecule has 0 aliphatic heterocycles. The van der Waals surface area contributed by atoms with Crippen LogP contribution in [0, 0.1) is 0 Å². The van der Waals surface area contributed by atoms with Crippen molar-refractivity contribution in [2.24, 2.45) is 5.73 Å². The van der Waals surface area contributed by atoms with Gasteiger partial charge < -0.3 is 15.3 Å². The zero-order valence-electron chi connectivity index (χ0n) is 8.97. The molecule has 0 aromatic carbocycles. The van der Waals surface area contributed by atoms with Gasteiger partial charge in [0, 0.05) is 0 Å². The normalized spacial score (nSPS) is 10.6. The molecule has 6 nitrogen and oxygen atoms in total. The lowest BCUT2D eigenvalue weighted by atomic mass is 10.3. The second-order valence-electron chi connectivity index (χ2n) is 3.38. The number of carboxylic acids is 1. The fraction of sp³-hybridized carbons (Fsp3) is 0.400. The first kappa shape index (κ1) is 12.3. The highest BCUT2D eigenvalue weighted by Crippen LogP contribution is 2.10. The number of aromatic carboxylic acids is 1. The van der Waals surface area contributed by atoms with Crippen LogP contribution in [0.4, 0.5) is 0 Å². The van der Waals surface area contributed by atoms with Crippen LogP contribution in [0.15, 0.2) is 16.7 Å². The van der Waals surface area contributed by atoms with Crippen molar-refractivity contribution in [3.63, 3.8) is 0 Å². The smallest absolute Gasteiger partial charge is 0.338 e. The second-order valence-corrected chi connectivity index (χ2v) is 3.38. The lowest BCUT2D eigenvalue weighted by molar-refractivity contribution is -0.119. The summed E-state index contributed by atoms with van der Waals surface area (Å²) < 4.78 is 5.07. The van der Waals surface area contributed by atoms with Crippen LogP contribution in [-0.2, 0) is 11.3 Å². The second kappa shape index (κ2) is 5.32. The van der Waals surface area contributed by atoms with E-state index in [1.807, 2.05) is 6.92 Å². The lowest BCUT2D eigenvalue weighted by Crippen LogP contribution is -2.33. The Balaban J connectivity index is 2.63. The van der Waals surface area contributed by atoms with E-state index in [0.717, 1.165) is 0 Å². The fourth-order valence-electron chi connectivity index (χ4n) is 1.30. The fourth-order valence-corrected chi connectivity index (χ4v) is 1.30. The molecular formula is C10H14N2O4. The summed E-state index contributed by atoms with van der Waals surface area (Å²) in [4.78, 5) is 23.1. The molecule has 6 heteroatoms. The van der Waals surface area contributed by atoms with Gasteiger partial charge in [0.1, 0.15) is 12.0 Å². The lowest BCUT2D eigenvalue weighted by Gasteiger charge is -2.16. The number of likely N-dealkylation sites (N-methyl/N-ethyl adjacent to an activating group) is 1. The van der Waals surface area contributed by atoms with Crippen molar-refractivity contribution in [3.05, 3.63) is 23.7 Å². The van der Waals surface area contributed by atoms with Gasteiger partial charge in [0.2, 0.25) is 5.91 Å². The zero-order chi connectivity index (χ0) is 12.1. The number of furan rings is 1. The minimum atomic E-state index is -1.03. The van der Waals surface area contributed by atoms with Crippen LogP contribution < -0.4 is 5.73 Å². The molecule has 0 radical (unpaired) electrons. The molecule has 0 bridgehead atoms. The highest BCUT2D eigenvalue weighted by atomic mass is 16.4. The molecule has 88 valence electrons. The van der Waals surface area contributed by atoms with Crippen molar-refractivity contribution in [2.45, 2.75) is 13.5 Å². The Morgan fingerprint density at radius 1 is 1.56 bits per heavy atom. The Labute approximate surface area is 92.6 Å². The van der Waals surface area contributed by atoms with Gasteiger partial charge in [0.15, 0.2) is 0 Å². The van der Waals surface area contributed by atoms with E-state index < -0.39 is 11.9 Å². The van der Waals surface area contributed by atoms with Gasteiger partial charge in [-0.3, -0.25) is 9.69 Å². The van der Waals surface area contributed by atoms with Gasteiger partial charge in [0.05, 0.1) is 18.7 Å². The van der Waals surface area contributed by atoms with Crippen molar-refractivity contribution in [1.82, 2.24) is 4.90 Å². The zero-order valence-corrected chi connectivity index (χ0v) is 8.97. The molecule has 1 aromatic rings. The largest absolute Gasteiger partial charge is 0.478 e. The first-order chi connectivity index (χ1) is 7.52. The number of amides is 1. The average Bonchev–Trinajstić information content (AvgIpc) is 2.64. The van der Waals surface area contributed by atoms with E-state index in [-0.39, 0.29) is 12.1 Å². The molecular weight excluding hydrogens is 212 g/mol. The van der Waals surface area contributed by atoms with Gasteiger partial charge in [-0.05, 0) is 12.6 Å². The minimum Gasteiger partial charge on any atom is -0.478 e. The van der Waals surface area contributed by atoms with E-state index in [0.29, 0.717) is 18.8 Å². The molecule has 1 rings (SSSR count). The Hall–Kier alpha value is -1.82. The van der Waals surface area contributed by atoms with Crippen LogP contribution in [-0.4, -0.2) is 35.0 Å². The van der Waals surface area contributed by atoms with E-state index in [1.165, 1.54) is 12.3 Å². The van der Waals surface area contributed by atoms with Gasteiger partial charge in [-0.25, -0.2) is 4.79 Å². The van der Waals surface area contributed by atoms with Crippen molar-refractivity contribution in [3.8, 4) is 0 Å². The van der Waals surface area contributed by atoms with Crippen molar-refractivity contribution in [2.75, 3.05) is 13.1 Å². The first-order valence-electron chi connectivity index (χ1n) is 4.84. The van der Waals surface area contributed by atoms with Gasteiger partial charge >= 0.3 is 5.97 Å². The molecule has 0 spiro atoms. The van der Waals surface area contributed by atoms with Crippen LogP contribution in [0.1, 0.15) is 23.0 Å². The summed E-state index contributed by atoms with van der Waals surface area (Å²) in [6.07, 6.45) is 1.18. The molecule has 3 N–H and O–H groups in total. The maximum atomic E-state index is 10.7. The molecule has 0 saturated heterocycles. The standard InChI is InChI=1S/C10H14N2O4/c1-2-12(5-9(11)13)4-8-3-7(6-16-8)10(14)15/h3,6H,2,4-5H2,1H3,(H2,11,13)(H,14,15). The predicted octanol–water partition coefficient (Wildman–Crippen LogP) is 0.285. The molecule has 0 aliphatic rings. The van der Waals surface area contributed by atoms with E-state index in [2.05, 4.69) is 0 Å². The van der Waals surface area contributed by atoms with Gasteiger partial charge in [0.25, 0.3) is 0 Å². The summed E-state index contributed by atoms with van der Waals surface area (Å²) in [5.41, 5.74) is 5.17. The number of carboxylic acid groups (broad SMARTS) is 1. The molecule has 1 aromatic heterocycles. The third-order valence-corrected chi connectivity index (χ3v) is 2.11. The predicted molar refractivity (Wildman–Crippen MR) is 55.8 cm³/mol. The van der Waals surface area contributed by atoms with Crippen molar-refractivity contribution < 1.29 is 19.1 Å². The van der Waals surface area contributed by atoms with E-state index >= 15 is 0 Å². The summed E-state index contributed by atoms with van der Waals surface area (Å²) in [6, 6.07) is 1.44. The highest BCUT2D eigenvalue weighted by molar-refractivity contribution is 5.87. The Morgan fingerprint density at radius 3 is 2.69 bits per heavy atom. The van der Waals surface area contributed by atoms with Crippen LogP contribution >= 0.6 is 0 Å². The number of carbonyl (C=O) groups excluding carboxylic acids is 1. The number of nitrogens with two attached hydrogens (primary N) is 1. The SMILES string of the molecule is CCN(CC(N)=O)Cc1cc(C(=O)O)co1. The Kier molecular flexibility index (Phi) is 4.07. The topological polar surface area (TPSA) is 96.8 Å². The number of rotatable bonds is 6. The van der Waals surface area contributed by atoms with E-state index in [4.69, 9.17) is 15.3 Å². The summed E-state index contributed by atoms with van der Waals surface area (Å²) in [7, 11) is 0. The van der Waals surface area contributed by atoms with Crippen LogP contribution in [0.5, 0.6) is 0 Å². The minimum absolute atomic E-state index is 0.102. The monoisotopic (exact) mass is 226 g/mol. The van der Waals surface area contributed by atoms with Crippen LogP contribution in [0.2, 0.25) is 0 Å². The molecule has 16 heavy (non-hydrogen) atoms. The quantitative estimate of drug-likeness (QED) is 0.726. The molecule has 0 atom stereocenters. The van der Waals surface area contributed by atoms with Crippen molar-refractivity contribution >= 4 is 11.9 Å². The van der Waals surface area contributed by atoms with Gasteiger partial charge in [-0.15, -0.1) is 0 Å². The summed E-state index contributed by atoms with van der Waals surface area (Å²) in [5.74, 6) is -0.958. The van der Waals surface area contributed by atoms with Crippen LogP contribution in [0.3, 0.4) is 0 Å². The molecule has 0 saturated carbocycles. The summed E-state index contributed by atoms with van der Waals surface area (Å²) >= 11 is 0.